The van der Waals surface area contributed by atoms with E-state index in [2.05, 4.69) is 15.2 Å². The van der Waals surface area contributed by atoms with Crippen LogP contribution in [0.4, 0.5) is 26.3 Å². The molecular formula is C20H22ClF6N3. The van der Waals surface area contributed by atoms with Crippen LogP contribution in [0.15, 0.2) is 36.5 Å². The first-order chi connectivity index (χ1) is 13.4. The molecule has 10 heteroatoms. The minimum Gasteiger partial charge on any atom is -0.311 e. The number of halogens is 7. The predicted molar refractivity (Wildman–Crippen MR) is 104 cm³/mol. The van der Waals surface area contributed by atoms with Crippen LogP contribution in [0.2, 0.25) is 0 Å². The first-order valence-electron chi connectivity index (χ1n) is 9.16. The highest BCUT2D eigenvalue weighted by Crippen LogP contribution is 2.35. The molecule has 2 atom stereocenters. The van der Waals surface area contributed by atoms with E-state index >= 15 is 0 Å². The van der Waals surface area contributed by atoms with Crippen molar-refractivity contribution in [2.45, 2.75) is 44.8 Å². The van der Waals surface area contributed by atoms with Gasteiger partial charge in [-0.15, -0.1) is 12.4 Å². The standard InChI is InChI=1S/C20H21F6N3.ClH/c1-12-10-29(13(2)8-27-12)11-18-17(7-16(9-28-18)20(24,25)26)14-3-5-15(6-4-14)19(21,22)23;/h3-7,9,12-13,27H,8,10-11H2,1-2H3;1H/t12-,13+;/m0./s1. The summed E-state index contributed by atoms with van der Waals surface area (Å²) in [7, 11) is 0. The van der Waals surface area contributed by atoms with Crippen molar-refractivity contribution in [3.05, 3.63) is 53.3 Å². The molecule has 1 fully saturated rings. The molecule has 1 saturated heterocycles. The van der Waals surface area contributed by atoms with Gasteiger partial charge < -0.3 is 5.32 Å². The van der Waals surface area contributed by atoms with E-state index in [1.807, 2.05) is 13.8 Å². The van der Waals surface area contributed by atoms with Gasteiger partial charge in [0.1, 0.15) is 0 Å². The summed E-state index contributed by atoms with van der Waals surface area (Å²) in [4.78, 5) is 6.14. The lowest BCUT2D eigenvalue weighted by Crippen LogP contribution is -2.53. The Morgan fingerprint density at radius 2 is 1.60 bits per heavy atom. The Bertz CT molecular complexity index is 851. The van der Waals surface area contributed by atoms with E-state index in [-0.39, 0.29) is 35.6 Å². The Balaban J connectivity index is 0.00000320. The zero-order valence-electron chi connectivity index (χ0n) is 16.3. The van der Waals surface area contributed by atoms with Crippen molar-refractivity contribution < 1.29 is 26.3 Å². The lowest BCUT2D eigenvalue weighted by molar-refractivity contribution is -0.138. The molecule has 30 heavy (non-hydrogen) atoms. The normalized spacial score (nSPS) is 20.7. The van der Waals surface area contributed by atoms with Gasteiger partial charge in [-0.3, -0.25) is 9.88 Å². The molecule has 1 N–H and O–H groups in total. The SMILES string of the molecule is C[C@@H]1CN[C@@H](C)CN1Cc1ncc(C(F)(F)F)cc1-c1ccc(C(F)(F)F)cc1.Cl. The van der Waals surface area contributed by atoms with Crippen LogP contribution >= 0.6 is 12.4 Å². The van der Waals surface area contributed by atoms with E-state index in [9.17, 15) is 26.3 Å². The molecule has 0 radical (unpaired) electrons. The summed E-state index contributed by atoms with van der Waals surface area (Å²) in [6.45, 7) is 5.74. The van der Waals surface area contributed by atoms with Crippen molar-refractivity contribution in [2.24, 2.45) is 0 Å². The average molecular weight is 454 g/mol. The Labute approximate surface area is 176 Å². The van der Waals surface area contributed by atoms with Gasteiger partial charge >= 0.3 is 12.4 Å². The quantitative estimate of drug-likeness (QED) is 0.632. The highest BCUT2D eigenvalue weighted by atomic mass is 35.5. The molecule has 0 saturated carbocycles. The molecule has 166 valence electrons. The molecule has 2 aromatic rings. The topological polar surface area (TPSA) is 28.2 Å². The number of benzene rings is 1. The van der Waals surface area contributed by atoms with Crippen LogP contribution in [0.1, 0.15) is 30.7 Å². The maximum absolute atomic E-state index is 13.2. The molecule has 3 rings (SSSR count). The van der Waals surface area contributed by atoms with Gasteiger partial charge in [-0.2, -0.15) is 26.3 Å². The molecule has 0 bridgehead atoms. The van der Waals surface area contributed by atoms with Crippen LogP contribution in [0, 0.1) is 0 Å². The number of hydrogen-bond acceptors (Lipinski definition) is 3. The highest BCUT2D eigenvalue weighted by Gasteiger charge is 2.33. The molecule has 1 aromatic carbocycles. The van der Waals surface area contributed by atoms with Gasteiger partial charge in [-0.25, -0.2) is 0 Å². The van der Waals surface area contributed by atoms with Gasteiger partial charge in [0.05, 0.1) is 16.8 Å². The largest absolute Gasteiger partial charge is 0.417 e. The molecule has 0 unspecified atom stereocenters. The average Bonchev–Trinajstić information content (AvgIpc) is 2.63. The lowest BCUT2D eigenvalue weighted by Gasteiger charge is -2.37. The summed E-state index contributed by atoms with van der Waals surface area (Å²) < 4.78 is 78.1. The van der Waals surface area contributed by atoms with Gasteiger partial charge in [-0.1, -0.05) is 12.1 Å². The number of hydrogen-bond donors (Lipinski definition) is 1. The number of nitrogens with one attached hydrogen (secondary N) is 1. The maximum Gasteiger partial charge on any atom is 0.417 e. The molecule has 3 nitrogen and oxygen atoms in total. The smallest absolute Gasteiger partial charge is 0.311 e. The van der Waals surface area contributed by atoms with Crippen molar-refractivity contribution >= 4 is 12.4 Å². The fourth-order valence-electron chi connectivity index (χ4n) is 3.37. The lowest BCUT2D eigenvalue weighted by atomic mass is 9.99. The summed E-state index contributed by atoms with van der Waals surface area (Å²) in [5, 5.41) is 3.33. The van der Waals surface area contributed by atoms with E-state index in [1.165, 1.54) is 12.1 Å². The molecule has 1 aromatic heterocycles. The van der Waals surface area contributed by atoms with Crippen molar-refractivity contribution in [2.75, 3.05) is 13.1 Å². The van der Waals surface area contributed by atoms with Crippen LogP contribution in [-0.2, 0) is 18.9 Å². The number of alkyl halides is 6. The fraction of sp³-hybridized carbons (Fsp3) is 0.450. The number of piperazine rings is 1. The number of nitrogens with zero attached hydrogens (tertiary/aromatic N) is 2. The second-order valence-corrected chi connectivity index (χ2v) is 7.38. The first kappa shape index (κ1) is 24.4. The summed E-state index contributed by atoms with van der Waals surface area (Å²) in [6, 6.07) is 5.44. The summed E-state index contributed by atoms with van der Waals surface area (Å²) in [5.74, 6) is 0. The third kappa shape index (κ3) is 5.65. The van der Waals surface area contributed by atoms with Crippen molar-refractivity contribution in [1.82, 2.24) is 15.2 Å². The molecular weight excluding hydrogens is 432 g/mol. The maximum atomic E-state index is 13.2. The molecule has 1 aliphatic heterocycles. The monoisotopic (exact) mass is 453 g/mol. The fourth-order valence-corrected chi connectivity index (χ4v) is 3.37. The van der Waals surface area contributed by atoms with Gasteiger partial charge in [0.2, 0.25) is 0 Å². The minimum absolute atomic E-state index is 0. The van der Waals surface area contributed by atoms with Gasteiger partial charge in [0, 0.05) is 43.5 Å². The van der Waals surface area contributed by atoms with Crippen LogP contribution in [0.25, 0.3) is 11.1 Å². The molecule has 0 aliphatic carbocycles. The van der Waals surface area contributed by atoms with Crippen molar-refractivity contribution in [3.63, 3.8) is 0 Å². The Hall–Kier alpha value is -1.84. The van der Waals surface area contributed by atoms with E-state index in [0.717, 1.165) is 30.9 Å². The highest BCUT2D eigenvalue weighted by molar-refractivity contribution is 5.85. The number of rotatable bonds is 3. The van der Waals surface area contributed by atoms with Crippen LogP contribution in [0.3, 0.4) is 0 Å². The van der Waals surface area contributed by atoms with Crippen LogP contribution in [-0.4, -0.2) is 35.1 Å². The van der Waals surface area contributed by atoms with E-state index in [4.69, 9.17) is 0 Å². The van der Waals surface area contributed by atoms with Crippen LogP contribution in [0.5, 0.6) is 0 Å². The predicted octanol–water partition coefficient (Wildman–Crippen LogP) is 5.39. The van der Waals surface area contributed by atoms with Crippen molar-refractivity contribution in [3.8, 4) is 11.1 Å². The third-order valence-electron chi connectivity index (χ3n) is 5.07. The summed E-state index contributed by atoms with van der Waals surface area (Å²) in [6.07, 6.45) is -8.33. The second-order valence-electron chi connectivity index (χ2n) is 7.38. The zero-order valence-corrected chi connectivity index (χ0v) is 17.1. The number of aromatic nitrogens is 1. The van der Waals surface area contributed by atoms with E-state index in [0.29, 0.717) is 18.8 Å². The minimum atomic E-state index is -4.59. The Kier molecular flexibility index (Phi) is 7.42. The summed E-state index contributed by atoms with van der Waals surface area (Å²) in [5.41, 5.74) is -0.932. The first-order valence-corrected chi connectivity index (χ1v) is 9.16. The molecule has 0 amide bonds. The van der Waals surface area contributed by atoms with E-state index in [1.54, 1.807) is 0 Å². The zero-order chi connectivity index (χ0) is 21.4. The summed E-state index contributed by atoms with van der Waals surface area (Å²) >= 11 is 0. The third-order valence-corrected chi connectivity index (χ3v) is 5.07. The molecule has 0 spiro atoms. The second kappa shape index (κ2) is 9.11. The molecule has 1 aliphatic rings. The van der Waals surface area contributed by atoms with E-state index < -0.39 is 23.5 Å². The Morgan fingerprint density at radius 3 is 2.17 bits per heavy atom. The van der Waals surface area contributed by atoms with Gasteiger partial charge in [0.25, 0.3) is 0 Å². The van der Waals surface area contributed by atoms with Crippen molar-refractivity contribution in [1.29, 1.82) is 0 Å². The Morgan fingerprint density at radius 1 is 1.00 bits per heavy atom. The van der Waals surface area contributed by atoms with Gasteiger partial charge in [-0.05, 0) is 37.6 Å². The van der Waals surface area contributed by atoms with Crippen LogP contribution < -0.4 is 5.32 Å². The molecule has 2 heterocycles. The number of pyridine rings is 1. The van der Waals surface area contributed by atoms with Gasteiger partial charge in [0.15, 0.2) is 0 Å².